The van der Waals surface area contributed by atoms with Crippen molar-refractivity contribution in [3.8, 4) is 5.75 Å². The minimum absolute atomic E-state index is 0.151. The van der Waals surface area contributed by atoms with Gasteiger partial charge in [-0.1, -0.05) is 12.1 Å². The summed E-state index contributed by atoms with van der Waals surface area (Å²) in [5, 5.41) is 0. The molecule has 25 heavy (non-hydrogen) atoms. The predicted molar refractivity (Wildman–Crippen MR) is 97.6 cm³/mol. The lowest BCUT2D eigenvalue weighted by Gasteiger charge is -2.33. The monoisotopic (exact) mass is 360 g/mol. The Kier molecular flexibility index (Phi) is 5.39. The Morgan fingerprint density at radius 1 is 1.24 bits per heavy atom. The van der Waals surface area contributed by atoms with E-state index in [0.29, 0.717) is 10.6 Å². The molecule has 1 atom stereocenters. The van der Waals surface area contributed by atoms with E-state index in [9.17, 15) is 8.42 Å². The van der Waals surface area contributed by atoms with Crippen LogP contribution in [0.4, 0.5) is 0 Å². The van der Waals surface area contributed by atoms with Crippen LogP contribution in [0.15, 0.2) is 47.5 Å². The van der Waals surface area contributed by atoms with Crippen molar-refractivity contribution in [1.82, 2.24) is 9.88 Å². The number of likely N-dealkylation sites (tertiary alicyclic amines) is 1. The second-order valence-electron chi connectivity index (χ2n) is 6.58. The molecule has 1 unspecified atom stereocenters. The molecule has 2 aromatic rings. The van der Waals surface area contributed by atoms with Gasteiger partial charge in [0.05, 0.1) is 17.7 Å². The van der Waals surface area contributed by atoms with Gasteiger partial charge in [0, 0.05) is 31.5 Å². The minimum Gasteiger partial charge on any atom is -0.497 e. The maximum absolute atomic E-state index is 12.1. The molecule has 0 amide bonds. The Labute approximate surface area is 149 Å². The zero-order chi connectivity index (χ0) is 17.9. The van der Waals surface area contributed by atoms with Gasteiger partial charge < -0.3 is 4.74 Å². The van der Waals surface area contributed by atoms with E-state index in [0.717, 1.165) is 38.2 Å². The fourth-order valence-corrected chi connectivity index (χ4v) is 4.36. The lowest BCUT2D eigenvalue weighted by molar-refractivity contribution is 0.197. The minimum atomic E-state index is -3.26. The van der Waals surface area contributed by atoms with Crippen LogP contribution in [0.3, 0.4) is 0 Å². The van der Waals surface area contributed by atoms with Crippen molar-refractivity contribution in [3.63, 3.8) is 0 Å². The zero-order valence-electron chi connectivity index (χ0n) is 14.7. The molecule has 0 radical (unpaired) electrons. The molecule has 1 aromatic heterocycles. The highest BCUT2D eigenvalue weighted by atomic mass is 32.2. The first-order chi connectivity index (χ1) is 12.0. The van der Waals surface area contributed by atoms with Gasteiger partial charge in [0.2, 0.25) is 0 Å². The summed E-state index contributed by atoms with van der Waals surface area (Å²) in [6.45, 7) is 2.69. The van der Waals surface area contributed by atoms with E-state index in [1.807, 2.05) is 12.1 Å². The number of hydrogen-bond acceptors (Lipinski definition) is 5. The molecule has 0 saturated carbocycles. The number of ether oxygens (including phenoxy) is 1. The number of benzene rings is 1. The van der Waals surface area contributed by atoms with Crippen LogP contribution >= 0.6 is 0 Å². The summed E-state index contributed by atoms with van der Waals surface area (Å²) in [6.07, 6.45) is 4.96. The molecule has 1 saturated heterocycles. The van der Waals surface area contributed by atoms with Gasteiger partial charge >= 0.3 is 0 Å². The van der Waals surface area contributed by atoms with Crippen LogP contribution in [0, 0.1) is 0 Å². The number of piperidine rings is 1. The van der Waals surface area contributed by atoms with E-state index < -0.39 is 9.84 Å². The van der Waals surface area contributed by atoms with Crippen molar-refractivity contribution in [2.75, 3.05) is 26.5 Å². The van der Waals surface area contributed by atoms with E-state index in [1.54, 1.807) is 25.4 Å². The van der Waals surface area contributed by atoms with E-state index >= 15 is 0 Å². The lowest BCUT2D eigenvalue weighted by atomic mass is 9.94. The average Bonchev–Trinajstić information content (AvgIpc) is 2.62. The largest absolute Gasteiger partial charge is 0.497 e. The second-order valence-corrected chi connectivity index (χ2v) is 8.57. The van der Waals surface area contributed by atoms with Gasteiger partial charge in [0.15, 0.2) is 9.84 Å². The van der Waals surface area contributed by atoms with E-state index in [1.165, 1.54) is 11.8 Å². The third kappa shape index (κ3) is 4.38. The third-order valence-electron chi connectivity index (χ3n) is 4.66. The van der Waals surface area contributed by atoms with Crippen LogP contribution in [0.25, 0.3) is 0 Å². The van der Waals surface area contributed by atoms with Gasteiger partial charge in [0.1, 0.15) is 5.75 Å². The molecule has 6 heteroatoms. The van der Waals surface area contributed by atoms with Crippen LogP contribution in [-0.4, -0.2) is 44.8 Å². The van der Waals surface area contributed by atoms with Crippen LogP contribution in [-0.2, 0) is 16.4 Å². The highest BCUT2D eigenvalue weighted by Gasteiger charge is 2.27. The number of pyridine rings is 1. The van der Waals surface area contributed by atoms with Crippen LogP contribution < -0.4 is 4.74 Å². The van der Waals surface area contributed by atoms with Crippen molar-refractivity contribution in [2.45, 2.75) is 30.2 Å². The van der Waals surface area contributed by atoms with Crippen molar-refractivity contribution in [3.05, 3.63) is 53.9 Å². The Morgan fingerprint density at radius 2 is 2.00 bits per heavy atom. The summed E-state index contributed by atoms with van der Waals surface area (Å²) < 4.78 is 29.3. The number of methoxy groups -OCH3 is 1. The molecular formula is C19H24N2O3S. The van der Waals surface area contributed by atoms with Gasteiger partial charge in [0.25, 0.3) is 0 Å². The molecule has 3 rings (SSSR count). The van der Waals surface area contributed by atoms with Crippen molar-refractivity contribution >= 4 is 9.84 Å². The highest BCUT2D eigenvalue weighted by molar-refractivity contribution is 7.90. The standard InChI is InChI=1S/C19H24N2O3S/c1-24-17-9-7-15(8-10-17)13-21-12-4-5-16(14-21)19-18(25(2,22)23)6-3-11-20-19/h3,6-11,16H,4-5,12-14H2,1-2H3. The van der Waals surface area contributed by atoms with Crippen molar-refractivity contribution in [2.24, 2.45) is 0 Å². The summed E-state index contributed by atoms with van der Waals surface area (Å²) in [6, 6.07) is 11.4. The number of rotatable bonds is 5. The number of sulfone groups is 1. The molecule has 134 valence electrons. The molecule has 1 aliphatic heterocycles. The lowest BCUT2D eigenvalue weighted by Crippen LogP contribution is -2.34. The SMILES string of the molecule is COc1ccc(CN2CCCC(c3ncccc3S(C)(=O)=O)C2)cc1. The van der Waals surface area contributed by atoms with Crippen LogP contribution in [0.5, 0.6) is 5.75 Å². The van der Waals surface area contributed by atoms with Gasteiger partial charge in [-0.2, -0.15) is 0 Å². The summed E-state index contributed by atoms with van der Waals surface area (Å²) in [5.41, 5.74) is 1.94. The zero-order valence-corrected chi connectivity index (χ0v) is 15.5. The van der Waals surface area contributed by atoms with Crippen LogP contribution in [0.2, 0.25) is 0 Å². The van der Waals surface area contributed by atoms with E-state index in [4.69, 9.17) is 4.74 Å². The predicted octanol–water partition coefficient (Wildman–Crippen LogP) is 2.87. The van der Waals surface area contributed by atoms with Crippen molar-refractivity contribution in [1.29, 1.82) is 0 Å². The van der Waals surface area contributed by atoms with E-state index in [-0.39, 0.29) is 5.92 Å². The summed E-state index contributed by atoms with van der Waals surface area (Å²) in [4.78, 5) is 7.15. The first-order valence-electron chi connectivity index (χ1n) is 8.47. The van der Waals surface area contributed by atoms with Gasteiger partial charge in [-0.15, -0.1) is 0 Å². The van der Waals surface area contributed by atoms with E-state index in [2.05, 4.69) is 22.0 Å². The topological polar surface area (TPSA) is 59.5 Å². The van der Waals surface area contributed by atoms with Gasteiger partial charge in [-0.05, 0) is 49.2 Å². The molecule has 0 N–H and O–H groups in total. The first-order valence-corrected chi connectivity index (χ1v) is 10.4. The average molecular weight is 360 g/mol. The van der Waals surface area contributed by atoms with Gasteiger partial charge in [-0.25, -0.2) is 8.42 Å². The summed E-state index contributed by atoms with van der Waals surface area (Å²) in [5.74, 6) is 1.00. The maximum Gasteiger partial charge on any atom is 0.177 e. The molecule has 1 aromatic carbocycles. The van der Waals surface area contributed by atoms with Crippen LogP contribution in [0.1, 0.15) is 30.0 Å². The molecule has 5 nitrogen and oxygen atoms in total. The summed E-state index contributed by atoms with van der Waals surface area (Å²) in [7, 11) is -1.60. The first kappa shape index (κ1) is 17.9. The Bertz CT molecular complexity index is 819. The Morgan fingerprint density at radius 3 is 2.68 bits per heavy atom. The Balaban J connectivity index is 1.75. The summed E-state index contributed by atoms with van der Waals surface area (Å²) >= 11 is 0. The molecule has 1 aliphatic rings. The quantitative estimate of drug-likeness (QED) is 0.820. The maximum atomic E-state index is 12.1. The molecule has 1 fully saturated rings. The number of hydrogen-bond donors (Lipinski definition) is 0. The molecule has 0 aliphatic carbocycles. The molecule has 0 spiro atoms. The fourth-order valence-electron chi connectivity index (χ4n) is 3.43. The second kappa shape index (κ2) is 7.54. The van der Waals surface area contributed by atoms with Crippen molar-refractivity contribution < 1.29 is 13.2 Å². The number of aromatic nitrogens is 1. The highest BCUT2D eigenvalue weighted by Crippen LogP contribution is 2.30. The molecule has 2 heterocycles. The van der Waals surface area contributed by atoms with Gasteiger partial charge in [-0.3, -0.25) is 9.88 Å². The molecular weight excluding hydrogens is 336 g/mol. The number of nitrogens with zero attached hydrogens (tertiary/aromatic N) is 2. The Hall–Kier alpha value is -1.92. The fraction of sp³-hybridized carbons (Fsp3) is 0.421. The normalized spacial score (nSPS) is 18.9. The third-order valence-corrected chi connectivity index (χ3v) is 5.80. The smallest absolute Gasteiger partial charge is 0.177 e. The molecule has 0 bridgehead atoms.